The highest BCUT2D eigenvalue weighted by Gasteiger charge is 2.34. The zero-order valence-electron chi connectivity index (χ0n) is 14.0. The van der Waals surface area contributed by atoms with Gasteiger partial charge in [0.2, 0.25) is 0 Å². The summed E-state index contributed by atoms with van der Waals surface area (Å²) in [5.41, 5.74) is 6.43. The largest absolute Gasteiger partial charge is 0.326 e. The Kier molecular flexibility index (Phi) is 5.88. The Labute approximate surface area is 125 Å². The second-order valence-corrected chi connectivity index (χ2v) is 7.78. The molecule has 1 aliphatic carbocycles. The van der Waals surface area contributed by atoms with E-state index in [2.05, 4.69) is 37.5 Å². The van der Waals surface area contributed by atoms with E-state index in [1.54, 1.807) is 0 Å². The molecule has 0 spiro atoms. The molecule has 0 bridgehead atoms. The van der Waals surface area contributed by atoms with Gasteiger partial charge in [-0.15, -0.1) is 0 Å². The molecule has 0 amide bonds. The number of hydrogen-bond acceptors (Lipinski definition) is 3. The first-order valence-electron chi connectivity index (χ1n) is 8.69. The van der Waals surface area contributed by atoms with Crippen molar-refractivity contribution in [1.29, 1.82) is 0 Å². The van der Waals surface area contributed by atoms with Crippen molar-refractivity contribution in [2.24, 2.45) is 23.5 Å². The molecule has 2 rings (SSSR count). The minimum absolute atomic E-state index is 0.404. The second kappa shape index (κ2) is 7.24. The van der Waals surface area contributed by atoms with Crippen LogP contribution in [0.2, 0.25) is 0 Å². The maximum Gasteiger partial charge on any atom is 0.0251 e. The molecule has 2 fully saturated rings. The van der Waals surface area contributed by atoms with Crippen LogP contribution in [-0.4, -0.2) is 54.6 Å². The fraction of sp³-hybridized carbons (Fsp3) is 1.00. The van der Waals surface area contributed by atoms with Gasteiger partial charge in [0, 0.05) is 44.8 Å². The zero-order valence-corrected chi connectivity index (χ0v) is 14.0. The van der Waals surface area contributed by atoms with E-state index in [0.29, 0.717) is 12.1 Å². The maximum atomic E-state index is 6.43. The van der Waals surface area contributed by atoms with Crippen LogP contribution in [0.1, 0.15) is 47.0 Å². The summed E-state index contributed by atoms with van der Waals surface area (Å²) in [5.74, 6) is 2.48. The van der Waals surface area contributed by atoms with Gasteiger partial charge in [-0.1, -0.05) is 27.7 Å². The summed E-state index contributed by atoms with van der Waals surface area (Å²) < 4.78 is 0. The standard InChI is InChI=1S/C17H35N3/c1-13(2)12-19-7-9-20(10-8-19)17-11-15(14(3)4)5-6-16(17)18/h13-17H,5-12,18H2,1-4H3. The lowest BCUT2D eigenvalue weighted by Crippen LogP contribution is -2.57. The molecule has 3 unspecified atom stereocenters. The molecule has 0 aromatic heterocycles. The molecular formula is C17H35N3. The summed E-state index contributed by atoms with van der Waals surface area (Å²) in [6.07, 6.45) is 3.88. The molecule has 1 saturated heterocycles. The zero-order chi connectivity index (χ0) is 14.7. The van der Waals surface area contributed by atoms with E-state index in [1.165, 1.54) is 52.0 Å². The number of nitrogens with two attached hydrogens (primary N) is 1. The van der Waals surface area contributed by atoms with Crippen LogP contribution < -0.4 is 5.73 Å². The minimum Gasteiger partial charge on any atom is -0.326 e. The van der Waals surface area contributed by atoms with Gasteiger partial charge in [-0.3, -0.25) is 4.90 Å². The Morgan fingerprint density at radius 2 is 1.65 bits per heavy atom. The van der Waals surface area contributed by atoms with Crippen LogP contribution in [0.4, 0.5) is 0 Å². The molecule has 3 heteroatoms. The molecule has 20 heavy (non-hydrogen) atoms. The number of rotatable bonds is 4. The molecule has 2 aliphatic rings. The molecule has 1 saturated carbocycles. The van der Waals surface area contributed by atoms with Crippen molar-refractivity contribution < 1.29 is 0 Å². The third-order valence-corrected chi connectivity index (χ3v) is 5.35. The lowest BCUT2D eigenvalue weighted by molar-refractivity contribution is 0.0457. The Hall–Kier alpha value is -0.120. The quantitative estimate of drug-likeness (QED) is 0.859. The van der Waals surface area contributed by atoms with Crippen LogP contribution in [0.3, 0.4) is 0 Å². The van der Waals surface area contributed by atoms with Crippen LogP contribution in [0.5, 0.6) is 0 Å². The molecular weight excluding hydrogens is 246 g/mol. The molecule has 3 atom stereocenters. The molecule has 3 nitrogen and oxygen atoms in total. The van der Waals surface area contributed by atoms with Gasteiger partial charge < -0.3 is 10.6 Å². The highest BCUT2D eigenvalue weighted by molar-refractivity contribution is 4.92. The SMILES string of the molecule is CC(C)CN1CCN(C2CC(C(C)C)CCC2N)CC1. The molecule has 0 aromatic rings. The van der Waals surface area contributed by atoms with Gasteiger partial charge in [-0.25, -0.2) is 0 Å². The summed E-state index contributed by atoms with van der Waals surface area (Å²) >= 11 is 0. The van der Waals surface area contributed by atoms with E-state index in [-0.39, 0.29) is 0 Å². The maximum absolute atomic E-state index is 6.43. The van der Waals surface area contributed by atoms with Gasteiger partial charge in [0.25, 0.3) is 0 Å². The van der Waals surface area contributed by atoms with E-state index in [1.807, 2.05) is 0 Å². The van der Waals surface area contributed by atoms with E-state index in [0.717, 1.165) is 17.8 Å². The molecule has 1 heterocycles. The highest BCUT2D eigenvalue weighted by atomic mass is 15.3. The van der Waals surface area contributed by atoms with E-state index < -0.39 is 0 Å². The van der Waals surface area contributed by atoms with Crippen LogP contribution in [0.15, 0.2) is 0 Å². The average Bonchev–Trinajstić information content (AvgIpc) is 2.39. The fourth-order valence-corrected chi connectivity index (χ4v) is 4.02. The molecule has 0 radical (unpaired) electrons. The summed E-state index contributed by atoms with van der Waals surface area (Å²) in [6.45, 7) is 15.5. The predicted octanol–water partition coefficient (Wildman–Crippen LogP) is 2.41. The van der Waals surface area contributed by atoms with Gasteiger partial charge in [0.1, 0.15) is 0 Å². The van der Waals surface area contributed by atoms with Gasteiger partial charge >= 0.3 is 0 Å². The molecule has 2 N–H and O–H groups in total. The summed E-state index contributed by atoms with van der Waals surface area (Å²) in [5, 5.41) is 0. The van der Waals surface area contributed by atoms with Crippen molar-refractivity contribution >= 4 is 0 Å². The summed E-state index contributed by atoms with van der Waals surface area (Å²) in [7, 11) is 0. The van der Waals surface area contributed by atoms with Crippen molar-refractivity contribution in [3.05, 3.63) is 0 Å². The summed E-state index contributed by atoms with van der Waals surface area (Å²) in [6, 6.07) is 1.04. The fourth-order valence-electron chi connectivity index (χ4n) is 4.02. The first kappa shape index (κ1) is 16.3. The number of piperazine rings is 1. The molecule has 0 aromatic carbocycles. The highest BCUT2D eigenvalue weighted by Crippen LogP contribution is 2.32. The smallest absolute Gasteiger partial charge is 0.0251 e. The molecule has 1 aliphatic heterocycles. The second-order valence-electron chi connectivity index (χ2n) is 7.78. The normalized spacial score (nSPS) is 34.0. The topological polar surface area (TPSA) is 32.5 Å². The van der Waals surface area contributed by atoms with E-state index in [9.17, 15) is 0 Å². The van der Waals surface area contributed by atoms with Crippen molar-refractivity contribution in [3.63, 3.8) is 0 Å². The van der Waals surface area contributed by atoms with E-state index >= 15 is 0 Å². The minimum atomic E-state index is 0.404. The van der Waals surface area contributed by atoms with Gasteiger partial charge in [0.15, 0.2) is 0 Å². The monoisotopic (exact) mass is 281 g/mol. The summed E-state index contributed by atoms with van der Waals surface area (Å²) in [4.78, 5) is 5.31. The van der Waals surface area contributed by atoms with Gasteiger partial charge in [-0.05, 0) is 37.0 Å². The Morgan fingerprint density at radius 3 is 2.20 bits per heavy atom. The average molecular weight is 281 g/mol. The van der Waals surface area contributed by atoms with Crippen molar-refractivity contribution in [3.8, 4) is 0 Å². The Morgan fingerprint density at radius 1 is 1.00 bits per heavy atom. The van der Waals surface area contributed by atoms with Crippen molar-refractivity contribution in [1.82, 2.24) is 9.80 Å². The van der Waals surface area contributed by atoms with Crippen molar-refractivity contribution in [2.75, 3.05) is 32.7 Å². The Bertz CT molecular complexity index is 282. The van der Waals surface area contributed by atoms with Crippen LogP contribution in [-0.2, 0) is 0 Å². The lowest BCUT2D eigenvalue weighted by Gasteiger charge is -2.46. The van der Waals surface area contributed by atoms with Crippen LogP contribution >= 0.6 is 0 Å². The van der Waals surface area contributed by atoms with Crippen LogP contribution in [0.25, 0.3) is 0 Å². The van der Waals surface area contributed by atoms with E-state index in [4.69, 9.17) is 5.73 Å². The molecule has 118 valence electrons. The number of nitrogens with zero attached hydrogens (tertiary/aromatic N) is 2. The third kappa shape index (κ3) is 4.19. The number of hydrogen-bond donors (Lipinski definition) is 1. The first-order valence-corrected chi connectivity index (χ1v) is 8.69. The van der Waals surface area contributed by atoms with Crippen LogP contribution in [0, 0.1) is 17.8 Å². The van der Waals surface area contributed by atoms with Gasteiger partial charge in [0.05, 0.1) is 0 Å². The first-order chi connectivity index (χ1) is 9.47. The lowest BCUT2D eigenvalue weighted by atomic mass is 9.76. The Balaban J connectivity index is 1.85. The third-order valence-electron chi connectivity index (χ3n) is 5.35. The predicted molar refractivity (Wildman–Crippen MR) is 86.8 cm³/mol. The van der Waals surface area contributed by atoms with Gasteiger partial charge in [-0.2, -0.15) is 0 Å². The van der Waals surface area contributed by atoms with Crippen molar-refractivity contribution in [2.45, 2.75) is 59.0 Å².